The van der Waals surface area contributed by atoms with Crippen LogP contribution < -0.4 is 9.47 Å². The van der Waals surface area contributed by atoms with Crippen LogP contribution in [0.1, 0.15) is 11.1 Å². The van der Waals surface area contributed by atoms with Crippen molar-refractivity contribution in [2.24, 2.45) is 0 Å². The monoisotopic (exact) mass is 254 g/mol. The Morgan fingerprint density at radius 2 is 1.79 bits per heavy atom. The largest absolute Gasteiger partial charge is 0.507 e. The van der Waals surface area contributed by atoms with Gasteiger partial charge in [0.1, 0.15) is 5.75 Å². The van der Waals surface area contributed by atoms with E-state index in [0.29, 0.717) is 11.5 Å². The van der Waals surface area contributed by atoms with Crippen LogP contribution >= 0.6 is 0 Å². The second-order valence-corrected chi connectivity index (χ2v) is 4.36. The molecule has 0 radical (unpaired) electrons. The van der Waals surface area contributed by atoms with Gasteiger partial charge in [-0.1, -0.05) is 42.5 Å². The van der Waals surface area contributed by atoms with Crippen molar-refractivity contribution in [2.75, 3.05) is 6.79 Å². The van der Waals surface area contributed by atoms with Crippen molar-refractivity contribution in [3.05, 3.63) is 59.7 Å². The van der Waals surface area contributed by atoms with E-state index in [9.17, 15) is 5.11 Å². The van der Waals surface area contributed by atoms with Crippen LogP contribution in [-0.2, 0) is 6.42 Å². The Morgan fingerprint density at radius 3 is 2.58 bits per heavy atom. The molecule has 0 fully saturated rings. The highest BCUT2D eigenvalue weighted by molar-refractivity contribution is 5.63. The van der Waals surface area contributed by atoms with Gasteiger partial charge < -0.3 is 14.6 Å². The maximum Gasteiger partial charge on any atom is 0.231 e. The summed E-state index contributed by atoms with van der Waals surface area (Å²) in [7, 11) is 0. The minimum absolute atomic E-state index is 0.202. The van der Waals surface area contributed by atoms with Crippen LogP contribution in [0.15, 0.2) is 48.5 Å². The van der Waals surface area contributed by atoms with Gasteiger partial charge in [0.15, 0.2) is 11.5 Å². The average molecular weight is 254 g/mol. The molecule has 3 rings (SSSR count). The van der Waals surface area contributed by atoms with E-state index in [0.717, 1.165) is 12.0 Å². The fraction of sp³-hybridized carbons (Fsp3) is 0.125. The number of hydrogen-bond donors (Lipinski definition) is 1. The van der Waals surface area contributed by atoms with Crippen LogP contribution in [0.4, 0.5) is 0 Å². The first-order valence-corrected chi connectivity index (χ1v) is 6.16. The van der Waals surface area contributed by atoms with E-state index in [-0.39, 0.29) is 12.5 Å². The molecule has 3 heteroatoms. The molecule has 0 aliphatic carbocycles. The maximum absolute atomic E-state index is 9.89. The van der Waals surface area contributed by atoms with Gasteiger partial charge in [0.25, 0.3) is 0 Å². The summed E-state index contributed by atoms with van der Waals surface area (Å²) in [6.45, 7) is 0.214. The van der Waals surface area contributed by atoms with Gasteiger partial charge in [0.05, 0.1) is 0 Å². The van der Waals surface area contributed by atoms with Gasteiger partial charge in [-0.05, 0) is 18.1 Å². The highest BCUT2D eigenvalue weighted by Crippen LogP contribution is 2.38. The molecule has 1 heterocycles. The molecule has 1 aliphatic rings. The van der Waals surface area contributed by atoms with Crippen LogP contribution in [0, 0.1) is 0 Å². The minimum Gasteiger partial charge on any atom is -0.507 e. The zero-order valence-corrected chi connectivity index (χ0v) is 10.4. The molecule has 96 valence electrons. The number of aromatic hydroxyl groups is 1. The molecule has 0 unspecified atom stereocenters. The first-order chi connectivity index (χ1) is 9.33. The third kappa shape index (κ3) is 2.55. The molecule has 3 nitrogen and oxygen atoms in total. The predicted molar refractivity (Wildman–Crippen MR) is 73.4 cm³/mol. The number of rotatable bonds is 3. The number of ether oxygens (including phenoxy) is 2. The smallest absolute Gasteiger partial charge is 0.231 e. The first kappa shape index (κ1) is 11.7. The van der Waals surface area contributed by atoms with Crippen molar-refractivity contribution in [3.63, 3.8) is 0 Å². The molecule has 0 saturated carbocycles. The number of phenols is 1. The highest BCUT2D eigenvalue weighted by atomic mass is 16.7. The van der Waals surface area contributed by atoms with E-state index in [1.54, 1.807) is 12.1 Å². The summed E-state index contributed by atoms with van der Waals surface area (Å²) in [5.41, 5.74) is 1.97. The van der Waals surface area contributed by atoms with Crippen LogP contribution in [0.2, 0.25) is 0 Å². The van der Waals surface area contributed by atoms with Crippen LogP contribution in [0.5, 0.6) is 17.2 Å². The second-order valence-electron chi connectivity index (χ2n) is 4.36. The molecule has 0 amide bonds. The minimum atomic E-state index is 0.202. The van der Waals surface area contributed by atoms with E-state index >= 15 is 0 Å². The van der Waals surface area contributed by atoms with Crippen molar-refractivity contribution < 1.29 is 14.6 Å². The fourth-order valence-corrected chi connectivity index (χ4v) is 2.02. The Hall–Kier alpha value is -2.42. The van der Waals surface area contributed by atoms with Gasteiger partial charge in [-0.3, -0.25) is 0 Å². The quantitative estimate of drug-likeness (QED) is 0.912. The Bertz CT molecular complexity index is 603. The van der Waals surface area contributed by atoms with Crippen LogP contribution in [-0.4, -0.2) is 11.9 Å². The number of hydrogen-bond acceptors (Lipinski definition) is 3. The Labute approximate surface area is 111 Å². The third-order valence-electron chi connectivity index (χ3n) is 3.02. The van der Waals surface area contributed by atoms with E-state index in [4.69, 9.17) is 9.47 Å². The molecule has 0 saturated heterocycles. The number of benzene rings is 2. The number of phenolic OH excluding ortho intramolecular Hbond substituents is 1. The summed E-state index contributed by atoms with van der Waals surface area (Å²) < 4.78 is 10.5. The highest BCUT2D eigenvalue weighted by Gasteiger charge is 2.15. The zero-order chi connectivity index (χ0) is 13.1. The van der Waals surface area contributed by atoms with Gasteiger partial charge in [-0.2, -0.15) is 0 Å². The molecule has 19 heavy (non-hydrogen) atoms. The standard InChI is InChI=1S/C16H14O3/c17-14-10-16-15(18-11-19-16)9-13(14)8-4-7-12-5-2-1-3-6-12/h1-6,8-10,17H,7,11H2/b8-4+. The lowest BCUT2D eigenvalue weighted by Gasteiger charge is -2.02. The molecule has 0 atom stereocenters. The fourth-order valence-electron chi connectivity index (χ4n) is 2.02. The van der Waals surface area contributed by atoms with Crippen molar-refractivity contribution in [1.82, 2.24) is 0 Å². The molecule has 0 bridgehead atoms. The van der Waals surface area contributed by atoms with Crippen molar-refractivity contribution in [3.8, 4) is 17.2 Å². The third-order valence-corrected chi connectivity index (χ3v) is 3.02. The summed E-state index contributed by atoms with van der Waals surface area (Å²) in [6, 6.07) is 13.6. The van der Waals surface area contributed by atoms with Crippen LogP contribution in [0.3, 0.4) is 0 Å². The molecule has 1 N–H and O–H groups in total. The Morgan fingerprint density at radius 1 is 1.05 bits per heavy atom. The Balaban J connectivity index is 1.76. The molecule has 1 aliphatic heterocycles. The van der Waals surface area contributed by atoms with Crippen LogP contribution in [0.25, 0.3) is 6.08 Å². The van der Waals surface area contributed by atoms with Crippen molar-refractivity contribution >= 4 is 6.08 Å². The van der Waals surface area contributed by atoms with Gasteiger partial charge in [-0.25, -0.2) is 0 Å². The molecular formula is C16H14O3. The lowest BCUT2D eigenvalue weighted by atomic mass is 10.1. The molecule has 2 aromatic carbocycles. The first-order valence-electron chi connectivity index (χ1n) is 6.16. The number of fused-ring (bicyclic) bond motifs is 1. The maximum atomic E-state index is 9.89. The molecule has 2 aromatic rings. The van der Waals surface area contributed by atoms with Gasteiger partial charge in [0.2, 0.25) is 6.79 Å². The summed E-state index contributed by atoms with van der Waals surface area (Å²) in [4.78, 5) is 0. The van der Waals surface area contributed by atoms with Gasteiger partial charge in [-0.15, -0.1) is 0 Å². The zero-order valence-electron chi connectivity index (χ0n) is 10.4. The second kappa shape index (κ2) is 5.06. The topological polar surface area (TPSA) is 38.7 Å². The lowest BCUT2D eigenvalue weighted by molar-refractivity contribution is 0.174. The SMILES string of the molecule is Oc1cc2c(cc1/C=C/Cc1ccccc1)OCO2. The average Bonchev–Trinajstić information content (AvgIpc) is 2.87. The summed E-state index contributed by atoms with van der Waals surface area (Å²) in [6.07, 6.45) is 4.74. The molecule has 0 aromatic heterocycles. The molecule has 0 spiro atoms. The predicted octanol–water partition coefficient (Wildman–Crippen LogP) is 3.38. The summed E-state index contributed by atoms with van der Waals surface area (Å²) >= 11 is 0. The van der Waals surface area contributed by atoms with E-state index in [2.05, 4.69) is 12.1 Å². The normalized spacial score (nSPS) is 13.1. The summed E-state index contributed by atoms with van der Waals surface area (Å²) in [5, 5.41) is 9.89. The Kier molecular flexibility index (Phi) is 3.11. The summed E-state index contributed by atoms with van der Waals surface area (Å²) in [5.74, 6) is 1.48. The van der Waals surface area contributed by atoms with E-state index < -0.39 is 0 Å². The molecular weight excluding hydrogens is 240 g/mol. The van der Waals surface area contributed by atoms with Crippen molar-refractivity contribution in [1.29, 1.82) is 0 Å². The lowest BCUT2D eigenvalue weighted by Crippen LogP contribution is -1.92. The van der Waals surface area contributed by atoms with E-state index in [1.807, 2.05) is 30.4 Å². The van der Waals surface area contributed by atoms with Gasteiger partial charge >= 0.3 is 0 Å². The number of allylic oxidation sites excluding steroid dienone is 1. The van der Waals surface area contributed by atoms with Gasteiger partial charge in [0, 0.05) is 11.6 Å². The van der Waals surface area contributed by atoms with Crippen molar-refractivity contribution in [2.45, 2.75) is 6.42 Å². The van der Waals surface area contributed by atoms with E-state index in [1.165, 1.54) is 5.56 Å².